The average molecular weight is 191 g/mol. The van der Waals surface area contributed by atoms with Crippen molar-refractivity contribution in [1.29, 1.82) is 0 Å². The minimum Gasteiger partial charge on any atom is -0.396 e. The van der Waals surface area contributed by atoms with Gasteiger partial charge in [0.1, 0.15) is 0 Å². The molecule has 1 N–H and O–H groups in total. The van der Waals surface area contributed by atoms with Gasteiger partial charge in [-0.15, -0.1) is 0 Å². The lowest BCUT2D eigenvalue weighted by molar-refractivity contribution is 0.238. The second kappa shape index (κ2) is 4.01. The van der Waals surface area contributed by atoms with Gasteiger partial charge in [-0.05, 0) is 31.0 Å². The van der Waals surface area contributed by atoms with E-state index < -0.39 is 0 Å². The molecular formula is C12H17NO. The summed E-state index contributed by atoms with van der Waals surface area (Å²) in [6, 6.07) is 8.56. The van der Waals surface area contributed by atoms with Gasteiger partial charge in [-0.3, -0.25) is 0 Å². The molecule has 0 amide bonds. The standard InChI is InChI=1S/C12H17NO/c1-10-3-2-4-12(7-10)13-6-5-11(8-13)9-14/h2-4,7,11,14H,5-6,8-9H2,1H3/t11-/m1/s1. The molecule has 2 nitrogen and oxygen atoms in total. The number of benzene rings is 1. The molecule has 0 spiro atoms. The van der Waals surface area contributed by atoms with Crippen LogP contribution in [0.2, 0.25) is 0 Å². The van der Waals surface area contributed by atoms with Crippen LogP contribution in [-0.4, -0.2) is 24.8 Å². The van der Waals surface area contributed by atoms with E-state index in [9.17, 15) is 0 Å². The van der Waals surface area contributed by atoms with E-state index in [0.29, 0.717) is 12.5 Å². The van der Waals surface area contributed by atoms with Gasteiger partial charge in [0.05, 0.1) is 0 Å². The summed E-state index contributed by atoms with van der Waals surface area (Å²) in [4.78, 5) is 2.36. The number of anilines is 1. The Morgan fingerprint density at radius 3 is 3.00 bits per heavy atom. The first-order chi connectivity index (χ1) is 6.79. The summed E-state index contributed by atoms with van der Waals surface area (Å²) in [5.41, 5.74) is 2.59. The molecule has 0 aliphatic carbocycles. The van der Waals surface area contributed by atoms with Crippen LogP contribution < -0.4 is 4.90 Å². The second-order valence-electron chi connectivity index (χ2n) is 4.12. The minimum atomic E-state index is 0.322. The van der Waals surface area contributed by atoms with E-state index in [0.717, 1.165) is 19.5 Å². The first-order valence-corrected chi connectivity index (χ1v) is 5.22. The normalized spacial score (nSPS) is 21.6. The molecule has 1 aliphatic rings. The molecule has 14 heavy (non-hydrogen) atoms. The summed E-state index contributed by atoms with van der Waals surface area (Å²) >= 11 is 0. The van der Waals surface area contributed by atoms with Crippen LogP contribution in [0.15, 0.2) is 24.3 Å². The Kier molecular flexibility index (Phi) is 2.73. The van der Waals surface area contributed by atoms with E-state index in [1.807, 2.05) is 0 Å². The minimum absolute atomic E-state index is 0.322. The Bertz CT molecular complexity index is 311. The quantitative estimate of drug-likeness (QED) is 0.770. The molecule has 1 atom stereocenters. The highest BCUT2D eigenvalue weighted by molar-refractivity contribution is 5.49. The summed E-state index contributed by atoms with van der Waals surface area (Å²) in [6.07, 6.45) is 1.12. The van der Waals surface area contributed by atoms with Gasteiger partial charge in [-0.1, -0.05) is 12.1 Å². The Morgan fingerprint density at radius 1 is 1.50 bits per heavy atom. The van der Waals surface area contributed by atoms with Gasteiger partial charge in [0.25, 0.3) is 0 Å². The number of nitrogens with zero attached hydrogens (tertiary/aromatic N) is 1. The fourth-order valence-corrected chi connectivity index (χ4v) is 2.04. The fourth-order valence-electron chi connectivity index (χ4n) is 2.04. The van der Waals surface area contributed by atoms with E-state index in [4.69, 9.17) is 5.11 Å². The van der Waals surface area contributed by atoms with Crippen LogP contribution in [-0.2, 0) is 0 Å². The van der Waals surface area contributed by atoms with E-state index >= 15 is 0 Å². The Balaban J connectivity index is 2.09. The zero-order chi connectivity index (χ0) is 9.97. The topological polar surface area (TPSA) is 23.5 Å². The highest BCUT2D eigenvalue weighted by Gasteiger charge is 2.21. The summed E-state index contributed by atoms with van der Waals surface area (Å²) < 4.78 is 0. The lowest BCUT2D eigenvalue weighted by Crippen LogP contribution is -2.20. The van der Waals surface area contributed by atoms with Crippen molar-refractivity contribution in [1.82, 2.24) is 0 Å². The van der Waals surface area contributed by atoms with Gasteiger partial charge in [-0.25, -0.2) is 0 Å². The average Bonchev–Trinajstić information content (AvgIpc) is 2.66. The molecule has 1 fully saturated rings. The van der Waals surface area contributed by atoms with Crippen LogP contribution in [0.1, 0.15) is 12.0 Å². The van der Waals surface area contributed by atoms with E-state index in [-0.39, 0.29) is 0 Å². The molecule has 1 aromatic rings. The third-order valence-electron chi connectivity index (χ3n) is 2.91. The Hall–Kier alpha value is -1.02. The van der Waals surface area contributed by atoms with Crippen LogP contribution in [0.5, 0.6) is 0 Å². The third kappa shape index (κ3) is 1.90. The van der Waals surface area contributed by atoms with Gasteiger partial charge in [-0.2, -0.15) is 0 Å². The smallest absolute Gasteiger partial charge is 0.0476 e. The van der Waals surface area contributed by atoms with Crippen LogP contribution in [0.25, 0.3) is 0 Å². The molecule has 0 saturated carbocycles. The SMILES string of the molecule is Cc1cccc(N2CC[C@@H](CO)C2)c1. The van der Waals surface area contributed by atoms with Crippen molar-refractivity contribution in [3.05, 3.63) is 29.8 Å². The summed E-state index contributed by atoms with van der Waals surface area (Å²) in [7, 11) is 0. The Labute approximate surface area is 85.2 Å². The predicted octanol–water partition coefficient (Wildman–Crippen LogP) is 1.81. The van der Waals surface area contributed by atoms with E-state index in [1.165, 1.54) is 11.3 Å². The Morgan fingerprint density at radius 2 is 2.36 bits per heavy atom. The molecule has 1 saturated heterocycles. The number of hydrogen-bond donors (Lipinski definition) is 1. The molecule has 76 valence electrons. The number of aliphatic hydroxyl groups is 1. The molecule has 1 heterocycles. The highest BCUT2D eigenvalue weighted by Crippen LogP contribution is 2.23. The van der Waals surface area contributed by atoms with Crippen molar-refractivity contribution in [2.24, 2.45) is 5.92 Å². The van der Waals surface area contributed by atoms with Crippen molar-refractivity contribution in [3.8, 4) is 0 Å². The van der Waals surface area contributed by atoms with Crippen molar-refractivity contribution in [3.63, 3.8) is 0 Å². The first kappa shape index (κ1) is 9.53. The maximum Gasteiger partial charge on any atom is 0.0476 e. The maximum absolute atomic E-state index is 9.06. The molecule has 0 radical (unpaired) electrons. The van der Waals surface area contributed by atoms with Crippen molar-refractivity contribution >= 4 is 5.69 Å². The molecule has 2 rings (SSSR count). The predicted molar refractivity (Wildman–Crippen MR) is 58.6 cm³/mol. The van der Waals surface area contributed by atoms with Crippen molar-refractivity contribution in [2.45, 2.75) is 13.3 Å². The summed E-state index contributed by atoms with van der Waals surface area (Å²) in [5, 5.41) is 9.06. The van der Waals surface area contributed by atoms with Crippen molar-refractivity contribution in [2.75, 3.05) is 24.6 Å². The summed E-state index contributed by atoms with van der Waals surface area (Å²) in [5.74, 6) is 0.468. The number of rotatable bonds is 2. The molecule has 1 aromatic carbocycles. The highest BCUT2D eigenvalue weighted by atomic mass is 16.3. The number of aryl methyl sites for hydroxylation is 1. The van der Waals surface area contributed by atoms with Crippen LogP contribution in [0.4, 0.5) is 5.69 Å². The van der Waals surface area contributed by atoms with E-state index in [2.05, 4.69) is 36.1 Å². The van der Waals surface area contributed by atoms with Crippen LogP contribution in [0.3, 0.4) is 0 Å². The molecule has 1 aliphatic heterocycles. The first-order valence-electron chi connectivity index (χ1n) is 5.22. The largest absolute Gasteiger partial charge is 0.396 e. The van der Waals surface area contributed by atoms with Crippen LogP contribution in [0, 0.1) is 12.8 Å². The molecule has 0 aromatic heterocycles. The molecular weight excluding hydrogens is 174 g/mol. The number of aliphatic hydroxyl groups excluding tert-OH is 1. The second-order valence-corrected chi connectivity index (χ2v) is 4.12. The fraction of sp³-hybridized carbons (Fsp3) is 0.500. The number of hydrogen-bond acceptors (Lipinski definition) is 2. The molecule has 2 heteroatoms. The lowest BCUT2D eigenvalue weighted by Gasteiger charge is -2.18. The zero-order valence-electron chi connectivity index (χ0n) is 8.61. The zero-order valence-corrected chi connectivity index (χ0v) is 8.61. The third-order valence-corrected chi connectivity index (χ3v) is 2.91. The molecule has 0 unspecified atom stereocenters. The lowest BCUT2D eigenvalue weighted by atomic mass is 10.1. The monoisotopic (exact) mass is 191 g/mol. The van der Waals surface area contributed by atoms with Gasteiger partial charge in [0.2, 0.25) is 0 Å². The molecule has 0 bridgehead atoms. The summed E-state index contributed by atoms with van der Waals surface area (Å²) in [6.45, 7) is 4.51. The van der Waals surface area contributed by atoms with Gasteiger partial charge < -0.3 is 10.0 Å². The van der Waals surface area contributed by atoms with Crippen LogP contribution >= 0.6 is 0 Å². The van der Waals surface area contributed by atoms with E-state index in [1.54, 1.807) is 0 Å². The van der Waals surface area contributed by atoms with Gasteiger partial charge >= 0.3 is 0 Å². The van der Waals surface area contributed by atoms with Gasteiger partial charge in [0, 0.05) is 31.3 Å². The van der Waals surface area contributed by atoms with Crippen molar-refractivity contribution < 1.29 is 5.11 Å². The van der Waals surface area contributed by atoms with Gasteiger partial charge in [0.15, 0.2) is 0 Å². The maximum atomic E-state index is 9.06.